The second kappa shape index (κ2) is 7.58. The van der Waals surface area contributed by atoms with Gasteiger partial charge in [0.15, 0.2) is 0 Å². The number of hydrogen-bond donors (Lipinski definition) is 0. The Morgan fingerprint density at radius 3 is 2.25 bits per heavy atom. The zero-order valence-electron chi connectivity index (χ0n) is 16.6. The Labute approximate surface area is 165 Å². The number of likely N-dealkylation sites (tertiary alicyclic amines) is 1. The van der Waals surface area contributed by atoms with Crippen LogP contribution in [0, 0.1) is 0 Å². The van der Waals surface area contributed by atoms with Crippen molar-refractivity contribution in [1.29, 1.82) is 0 Å². The molecule has 0 atom stereocenters. The highest BCUT2D eigenvalue weighted by atomic mass is 16.5. The summed E-state index contributed by atoms with van der Waals surface area (Å²) in [4.78, 5) is 15.2. The summed E-state index contributed by atoms with van der Waals surface area (Å²) in [6.07, 6.45) is 1.98. The molecule has 0 radical (unpaired) electrons. The van der Waals surface area contributed by atoms with Crippen LogP contribution in [0.4, 0.5) is 0 Å². The quantitative estimate of drug-likeness (QED) is 0.683. The SMILES string of the molecule is COc1ccc(OC)c2c1cc(C(=O)N1CCC(c3ccccc3)CC1)n2C. The molecule has 5 nitrogen and oxygen atoms in total. The second-order valence-electron chi connectivity index (χ2n) is 7.30. The topological polar surface area (TPSA) is 43.7 Å². The molecule has 4 rings (SSSR count). The molecule has 0 N–H and O–H groups in total. The van der Waals surface area contributed by atoms with Gasteiger partial charge in [-0.15, -0.1) is 0 Å². The molecule has 28 heavy (non-hydrogen) atoms. The molecule has 0 unspecified atom stereocenters. The van der Waals surface area contributed by atoms with Gasteiger partial charge in [-0.1, -0.05) is 30.3 Å². The van der Waals surface area contributed by atoms with Crippen molar-refractivity contribution >= 4 is 16.8 Å². The van der Waals surface area contributed by atoms with Gasteiger partial charge in [-0.25, -0.2) is 0 Å². The molecule has 1 saturated heterocycles. The highest BCUT2D eigenvalue weighted by molar-refractivity contribution is 6.02. The molecule has 2 aromatic carbocycles. The summed E-state index contributed by atoms with van der Waals surface area (Å²) in [5.74, 6) is 2.07. The summed E-state index contributed by atoms with van der Waals surface area (Å²) in [7, 11) is 5.20. The van der Waals surface area contributed by atoms with Crippen molar-refractivity contribution in [3.05, 3.63) is 59.8 Å². The molecule has 1 aliphatic rings. The van der Waals surface area contributed by atoms with Gasteiger partial charge in [-0.3, -0.25) is 4.79 Å². The third-order valence-corrected chi connectivity index (χ3v) is 5.83. The number of piperidine rings is 1. The first-order chi connectivity index (χ1) is 13.6. The van der Waals surface area contributed by atoms with E-state index in [1.165, 1.54) is 5.56 Å². The number of aryl methyl sites for hydroxylation is 1. The zero-order chi connectivity index (χ0) is 19.7. The molecule has 5 heteroatoms. The number of ether oxygens (including phenoxy) is 2. The van der Waals surface area contributed by atoms with Crippen LogP contribution in [0.5, 0.6) is 11.5 Å². The van der Waals surface area contributed by atoms with E-state index in [-0.39, 0.29) is 5.91 Å². The van der Waals surface area contributed by atoms with Gasteiger partial charge in [0.05, 0.1) is 19.7 Å². The predicted octanol–water partition coefficient (Wildman–Crippen LogP) is 4.22. The van der Waals surface area contributed by atoms with Crippen molar-refractivity contribution in [3.63, 3.8) is 0 Å². The smallest absolute Gasteiger partial charge is 0.270 e. The number of aromatic nitrogens is 1. The second-order valence-corrected chi connectivity index (χ2v) is 7.30. The fourth-order valence-corrected chi connectivity index (χ4v) is 4.26. The van der Waals surface area contributed by atoms with Gasteiger partial charge in [-0.2, -0.15) is 0 Å². The lowest BCUT2D eigenvalue weighted by Gasteiger charge is -2.32. The van der Waals surface area contributed by atoms with E-state index in [0.29, 0.717) is 11.6 Å². The molecule has 1 amide bonds. The standard InChI is InChI=1S/C23H26N2O3/c1-24-19(15-18-20(27-2)9-10-21(28-3)22(18)24)23(26)25-13-11-17(12-14-25)16-7-5-4-6-8-16/h4-10,15,17H,11-14H2,1-3H3. The Balaban J connectivity index is 1.59. The van der Waals surface area contributed by atoms with Crippen LogP contribution in [0.1, 0.15) is 34.8 Å². The van der Waals surface area contributed by atoms with E-state index < -0.39 is 0 Å². The lowest BCUT2D eigenvalue weighted by molar-refractivity contribution is 0.0704. The van der Waals surface area contributed by atoms with E-state index in [9.17, 15) is 4.79 Å². The Hall–Kier alpha value is -2.95. The first kappa shape index (κ1) is 18.4. The van der Waals surface area contributed by atoms with Crippen molar-refractivity contribution in [2.24, 2.45) is 7.05 Å². The molecule has 3 aromatic rings. The summed E-state index contributed by atoms with van der Waals surface area (Å²) in [6.45, 7) is 1.54. The van der Waals surface area contributed by atoms with E-state index in [1.54, 1.807) is 14.2 Å². The van der Waals surface area contributed by atoms with E-state index in [0.717, 1.165) is 48.3 Å². The molecular formula is C23H26N2O3. The van der Waals surface area contributed by atoms with Crippen LogP contribution < -0.4 is 9.47 Å². The minimum atomic E-state index is 0.0642. The van der Waals surface area contributed by atoms with Gasteiger partial charge in [0.1, 0.15) is 17.2 Å². The van der Waals surface area contributed by atoms with Crippen LogP contribution in [0.15, 0.2) is 48.5 Å². The summed E-state index contributed by atoms with van der Waals surface area (Å²) < 4.78 is 12.9. The minimum absolute atomic E-state index is 0.0642. The fourth-order valence-electron chi connectivity index (χ4n) is 4.26. The molecule has 1 aromatic heterocycles. The molecule has 146 valence electrons. The summed E-state index contributed by atoms with van der Waals surface area (Å²) in [6, 6.07) is 16.3. The Morgan fingerprint density at radius 2 is 1.61 bits per heavy atom. The van der Waals surface area contributed by atoms with Gasteiger partial charge in [0, 0.05) is 25.5 Å². The van der Waals surface area contributed by atoms with Crippen LogP contribution >= 0.6 is 0 Å². The summed E-state index contributed by atoms with van der Waals surface area (Å²) >= 11 is 0. The maximum atomic E-state index is 13.3. The van der Waals surface area contributed by atoms with Crippen LogP contribution in [-0.2, 0) is 7.05 Å². The summed E-state index contributed by atoms with van der Waals surface area (Å²) in [5.41, 5.74) is 2.91. The van der Waals surface area contributed by atoms with Gasteiger partial charge < -0.3 is 18.9 Å². The van der Waals surface area contributed by atoms with Crippen molar-refractivity contribution in [2.45, 2.75) is 18.8 Å². The highest BCUT2D eigenvalue weighted by Crippen LogP contribution is 2.36. The number of hydrogen-bond acceptors (Lipinski definition) is 3. The number of methoxy groups -OCH3 is 2. The predicted molar refractivity (Wildman–Crippen MR) is 110 cm³/mol. The molecule has 0 saturated carbocycles. The maximum Gasteiger partial charge on any atom is 0.270 e. The molecule has 2 heterocycles. The average molecular weight is 378 g/mol. The van der Waals surface area contributed by atoms with E-state index in [2.05, 4.69) is 24.3 Å². The van der Waals surface area contributed by atoms with E-state index >= 15 is 0 Å². The Kier molecular flexibility index (Phi) is 4.99. The van der Waals surface area contributed by atoms with Crippen LogP contribution in [0.25, 0.3) is 10.9 Å². The lowest BCUT2D eigenvalue weighted by Crippen LogP contribution is -2.38. The van der Waals surface area contributed by atoms with Gasteiger partial charge in [0.25, 0.3) is 5.91 Å². The van der Waals surface area contributed by atoms with E-state index in [4.69, 9.17) is 9.47 Å². The fraction of sp³-hybridized carbons (Fsp3) is 0.348. The highest BCUT2D eigenvalue weighted by Gasteiger charge is 2.27. The van der Waals surface area contributed by atoms with Gasteiger partial charge in [0.2, 0.25) is 0 Å². The van der Waals surface area contributed by atoms with Crippen molar-refractivity contribution in [1.82, 2.24) is 9.47 Å². The Bertz CT molecular complexity index is 986. The van der Waals surface area contributed by atoms with Crippen LogP contribution in [-0.4, -0.2) is 42.7 Å². The number of rotatable bonds is 4. The van der Waals surface area contributed by atoms with Gasteiger partial charge >= 0.3 is 0 Å². The maximum absolute atomic E-state index is 13.3. The molecule has 1 aliphatic heterocycles. The largest absolute Gasteiger partial charge is 0.496 e. The number of nitrogens with zero attached hydrogens (tertiary/aromatic N) is 2. The first-order valence-electron chi connectivity index (χ1n) is 9.68. The lowest BCUT2D eigenvalue weighted by atomic mass is 9.89. The van der Waals surface area contributed by atoms with Crippen molar-refractivity contribution < 1.29 is 14.3 Å². The molecule has 0 aliphatic carbocycles. The minimum Gasteiger partial charge on any atom is -0.496 e. The molecular weight excluding hydrogens is 352 g/mol. The van der Waals surface area contributed by atoms with E-state index in [1.807, 2.05) is 40.8 Å². The van der Waals surface area contributed by atoms with Crippen LogP contribution in [0.2, 0.25) is 0 Å². The third-order valence-electron chi connectivity index (χ3n) is 5.83. The normalized spacial score (nSPS) is 15.0. The number of carbonyl (C=O) groups is 1. The van der Waals surface area contributed by atoms with Crippen LogP contribution in [0.3, 0.4) is 0 Å². The molecule has 0 spiro atoms. The number of benzene rings is 2. The molecule has 1 fully saturated rings. The molecule has 0 bridgehead atoms. The average Bonchev–Trinajstić information content (AvgIpc) is 3.11. The van der Waals surface area contributed by atoms with Gasteiger partial charge in [-0.05, 0) is 42.5 Å². The Morgan fingerprint density at radius 1 is 0.964 bits per heavy atom. The first-order valence-corrected chi connectivity index (χ1v) is 9.68. The number of amides is 1. The number of carbonyl (C=O) groups excluding carboxylic acids is 1. The summed E-state index contributed by atoms with van der Waals surface area (Å²) in [5, 5.41) is 0.895. The number of fused-ring (bicyclic) bond motifs is 1. The third kappa shape index (κ3) is 3.11. The monoisotopic (exact) mass is 378 g/mol. The van der Waals surface area contributed by atoms with Crippen molar-refractivity contribution in [3.8, 4) is 11.5 Å². The van der Waals surface area contributed by atoms with Crippen molar-refractivity contribution in [2.75, 3.05) is 27.3 Å². The zero-order valence-corrected chi connectivity index (χ0v) is 16.6.